The van der Waals surface area contributed by atoms with E-state index in [-0.39, 0.29) is 17.8 Å². The summed E-state index contributed by atoms with van der Waals surface area (Å²) in [5, 5.41) is 6.47. The predicted molar refractivity (Wildman–Crippen MR) is 108 cm³/mol. The van der Waals surface area contributed by atoms with Crippen LogP contribution in [0.5, 0.6) is 0 Å². The molecule has 138 valence electrons. The van der Waals surface area contributed by atoms with Gasteiger partial charge in [0.15, 0.2) is 5.82 Å². The lowest BCUT2D eigenvalue weighted by atomic mass is 10.1. The lowest BCUT2D eigenvalue weighted by Crippen LogP contribution is -2.18. The maximum absolute atomic E-state index is 11.9. The molecule has 0 fully saturated rings. The van der Waals surface area contributed by atoms with Crippen LogP contribution < -0.4 is 16.4 Å². The minimum Gasteiger partial charge on any atom is -0.368 e. The van der Waals surface area contributed by atoms with Gasteiger partial charge in [-0.1, -0.05) is 29.3 Å². The van der Waals surface area contributed by atoms with Gasteiger partial charge in [-0.15, -0.1) is 0 Å². The van der Waals surface area contributed by atoms with Crippen LogP contribution in [0, 0.1) is 6.92 Å². The number of hydrogen-bond donors (Lipinski definition) is 3. The molecule has 1 heterocycles. The SMILES string of the molecule is CNC(=O)c1cc(Nc2nc(N)nc(-c3cc(Cl)ccc3C)n2)ccc1Cl. The van der Waals surface area contributed by atoms with Crippen LogP contribution in [0.25, 0.3) is 11.4 Å². The number of nitrogens with zero attached hydrogens (tertiary/aromatic N) is 3. The summed E-state index contributed by atoms with van der Waals surface area (Å²) in [6.45, 7) is 1.92. The molecule has 0 bridgehead atoms. The van der Waals surface area contributed by atoms with Crippen molar-refractivity contribution in [2.24, 2.45) is 0 Å². The molecule has 7 nitrogen and oxygen atoms in total. The molecular formula is C18H16Cl2N6O. The highest BCUT2D eigenvalue weighted by Gasteiger charge is 2.13. The summed E-state index contributed by atoms with van der Waals surface area (Å²) in [5.41, 5.74) is 8.45. The number of rotatable bonds is 4. The number of carbonyl (C=O) groups is 1. The number of aryl methyl sites for hydroxylation is 1. The smallest absolute Gasteiger partial charge is 0.252 e. The molecule has 3 aromatic rings. The molecule has 0 aliphatic rings. The van der Waals surface area contributed by atoms with Gasteiger partial charge in [-0.05, 0) is 42.8 Å². The first-order valence-corrected chi connectivity index (χ1v) is 8.69. The summed E-state index contributed by atoms with van der Waals surface area (Å²) in [6.07, 6.45) is 0. The number of nitrogen functional groups attached to an aromatic ring is 1. The highest BCUT2D eigenvalue weighted by atomic mass is 35.5. The summed E-state index contributed by atoms with van der Waals surface area (Å²) in [6, 6.07) is 10.4. The summed E-state index contributed by atoms with van der Waals surface area (Å²) in [5.74, 6) is 0.393. The highest BCUT2D eigenvalue weighted by molar-refractivity contribution is 6.34. The van der Waals surface area contributed by atoms with E-state index in [2.05, 4.69) is 25.6 Å². The lowest BCUT2D eigenvalue weighted by molar-refractivity contribution is 0.0963. The van der Waals surface area contributed by atoms with Gasteiger partial charge in [-0.2, -0.15) is 15.0 Å². The number of nitrogens with one attached hydrogen (secondary N) is 2. The minimum absolute atomic E-state index is 0.0577. The van der Waals surface area contributed by atoms with E-state index in [1.165, 1.54) is 7.05 Å². The van der Waals surface area contributed by atoms with Gasteiger partial charge in [-0.25, -0.2) is 0 Å². The lowest BCUT2D eigenvalue weighted by Gasteiger charge is -2.11. The Morgan fingerprint density at radius 3 is 2.59 bits per heavy atom. The number of carbonyl (C=O) groups excluding carboxylic acids is 1. The van der Waals surface area contributed by atoms with Crippen molar-refractivity contribution in [3.8, 4) is 11.4 Å². The first kappa shape index (κ1) is 18.9. The summed E-state index contributed by atoms with van der Waals surface area (Å²) in [7, 11) is 1.53. The molecule has 0 aliphatic heterocycles. The van der Waals surface area contributed by atoms with Crippen molar-refractivity contribution in [3.05, 3.63) is 57.6 Å². The van der Waals surface area contributed by atoms with Gasteiger partial charge in [0.1, 0.15) is 0 Å². The maximum Gasteiger partial charge on any atom is 0.252 e. The van der Waals surface area contributed by atoms with Gasteiger partial charge >= 0.3 is 0 Å². The van der Waals surface area contributed by atoms with E-state index in [4.69, 9.17) is 28.9 Å². The van der Waals surface area contributed by atoms with Crippen LogP contribution >= 0.6 is 23.2 Å². The van der Waals surface area contributed by atoms with Gasteiger partial charge in [0.2, 0.25) is 11.9 Å². The maximum atomic E-state index is 11.9. The number of anilines is 3. The van der Waals surface area contributed by atoms with Crippen molar-refractivity contribution in [1.82, 2.24) is 20.3 Å². The molecule has 0 atom stereocenters. The Morgan fingerprint density at radius 1 is 1.07 bits per heavy atom. The van der Waals surface area contributed by atoms with Gasteiger partial charge in [-0.3, -0.25) is 4.79 Å². The minimum atomic E-state index is -0.297. The van der Waals surface area contributed by atoms with E-state index in [9.17, 15) is 4.79 Å². The zero-order valence-corrected chi connectivity index (χ0v) is 16.1. The number of aromatic nitrogens is 3. The topological polar surface area (TPSA) is 106 Å². The Morgan fingerprint density at radius 2 is 1.85 bits per heavy atom. The van der Waals surface area contributed by atoms with E-state index >= 15 is 0 Å². The molecule has 0 unspecified atom stereocenters. The van der Waals surface area contributed by atoms with E-state index in [1.54, 1.807) is 30.3 Å². The Labute approximate surface area is 166 Å². The van der Waals surface area contributed by atoms with Gasteiger partial charge < -0.3 is 16.4 Å². The van der Waals surface area contributed by atoms with E-state index in [0.717, 1.165) is 11.1 Å². The second kappa shape index (κ2) is 7.77. The van der Waals surface area contributed by atoms with Crippen LogP contribution in [0.4, 0.5) is 17.6 Å². The Bertz CT molecular complexity index is 1020. The van der Waals surface area contributed by atoms with Gasteiger partial charge in [0.25, 0.3) is 5.91 Å². The second-order valence-corrected chi connectivity index (χ2v) is 6.54. The van der Waals surface area contributed by atoms with Crippen LogP contribution in [0.15, 0.2) is 36.4 Å². The average Bonchev–Trinajstić information content (AvgIpc) is 2.64. The Hall–Kier alpha value is -2.90. The summed E-state index contributed by atoms with van der Waals surface area (Å²) in [4.78, 5) is 24.6. The zero-order valence-electron chi connectivity index (χ0n) is 14.5. The molecule has 1 aromatic heterocycles. The third-order valence-corrected chi connectivity index (χ3v) is 4.35. The molecule has 0 radical (unpaired) electrons. The normalized spacial score (nSPS) is 10.5. The van der Waals surface area contributed by atoms with Crippen molar-refractivity contribution >= 4 is 46.7 Å². The molecule has 4 N–H and O–H groups in total. The van der Waals surface area contributed by atoms with Crippen molar-refractivity contribution in [1.29, 1.82) is 0 Å². The molecule has 0 aliphatic carbocycles. The Balaban J connectivity index is 1.98. The van der Waals surface area contributed by atoms with Crippen LogP contribution in [-0.4, -0.2) is 27.9 Å². The molecule has 3 rings (SSSR count). The van der Waals surface area contributed by atoms with Gasteiger partial charge in [0, 0.05) is 23.3 Å². The first-order valence-electron chi connectivity index (χ1n) is 7.94. The third kappa shape index (κ3) is 4.27. The highest BCUT2D eigenvalue weighted by Crippen LogP contribution is 2.26. The quantitative estimate of drug-likeness (QED) is 0.611. The number of hydrogen-bond acceptors (Lipinski definition) is 6. The van der Waals surface area contributed by atoms with E-state index in [0.29, 0.717) is 27.1 Å². The van der Waals surface area contributed by atoms with Crippen LogP contribution in [0.2, 0.25) is 10.0 Å². The van der Waals surface area contributed by atoms with Crippen molar-refractivity contribution in [2.45, 2.75) is 6.92 Å². The number of halogens is 2. The number of benzene rings is 2. The van der Waals surface area contributed by atoms with Crippen molar-refractivity contribution < 1.29 is 4.79 Å². The number of amides is 1. The molecule has 0 spiro atoms. The van der Waals surface area contributed by atoms with Crippen LogP contribution in [-0.2, 0) is 0 Å². The fraction of sp³-hybridized carbons (Fsp3) is 0.111. The first-order chi connectivity index (χ1) is 12.9. The fourth-order valence-electron chi connectivity index (χ4n) is 2.44. The molecule has 27 heavy (non-hydrogen) atoms. The third-order valence-electron chi connectivity index (χ3n) is 3.79. The molecular weight excluding hydrogens is 387 g/mol. The standard InChI is InChI=1S/C18H16Cl2N6O/c1-9-3-4-10(19)7-12(9)15-24-17(21)26-18(25-15)23-11-5-6-14(20)13(8-11)16(27)22-2/h3-8H,1-2H3,(H,22,27)(H3,21,23,24,25,26). The fourth-order valence-corrected chi connectivity index (χ4v) is 2.82. The summed E-state index contributed by atoms with van der Waals surface area (Å²) >= 11 is 12.2. The molecule has 2 aromatic carbocycles. The predicted octanol–water partition coefficient (Wildman–Crippen LogP) is 3.84. The molecule has 0 saturated heterocycles. The average molecular weight is 403 g/mol. The summed E-state index contributed by atoms with van der Waals surface area (Å²) < 4.78 is 0. The zero-order chi connectivity index (χ0) is 19.6. The van der Waals surface area contributed by atoms with E-state index < -0.39 is 0 Å². The largest absolute Gasteiger partial charge is 0.368 e. The van der Waals surface area contributed by atoms with Crippen molar-refractivity contribution in [3.63, 3.8) is 0 Å². The molecule has 1 amide bonds. The second-order valence-electron chi connectivity index (χ2n) is 5.70. The molecule has 0 saturated carbocycles. The number of nitrogens with two attached hydrogens (primary N) is 1. The Kier molecular flexibility index (Phi) is 5.43. The van der Waals surface area contributed by atoms with Crippen molar-refractivity contribution in [2.75, 3.05) is 18.1 Å². The van der Waals surface area contributed by atoms with E-state index in [1.807, 2.05) is 13.0 Å². The van der Waals surface area contributed by atoms with Crippen LogP contribution in [0.3, 0.4) is 0 Å². The monoisotopic (exact) mass is 402 g/mol. The van der Waals surface area contributed by atoms with Gasteiger partial charge in [0.05, 0.1) is 10.6 Å². The molecule has 9 heteroatoms. The van der Waals surface area contributed by atoms with Crippen LogP contribution in [0.1, 0.15) is 15.9 Å².